The Bertz CT molecular complexity index is 1140. The zero-order valence-corrected chi connectivity index (χ0v) is 21.1. The van der Waals surface area contributed by atoms with E-state index in [-0.39, 0.29) is 32.1 Å². The van der Waals surface area contributed by atoms with Crippen molar-refractivity contribution in [2.45, 2.75) is 38.5 Å². The number of ether oxygens (including phenoxy) is 2. The maximum atomic E-state index is 13.8. The minimum Gasteiger partial charge on any atom is -0.475 e. The monoisotopic (exact) mass is 516 g/mol. The number of urea groups is 1. The lowest BCUT2D eigenvalue weighted by atomic mass is 9.85. The number of alkyl halides is 2. The molecule has 200 valence electrons. The summed E-state index contributed by atoms with van der Waals surface area (Å²) in [6.07, 6.45) is 0.860. The van der Waals surface area contributed by atoms with Crippen LogP contribution in [0.4, 0.5) is 25.1 Å². The Morgan fingerprint density at radius 2 is 1.97 bits per heavy atom. The first-order valence-corrected chi connectivity index (χ1v) is 12.9. The molecule has 5 rings (SSSR count). The third kappa shape index (κ3) is 5.80. The van der Waals surface area contributed by atoms with Gasteiger partial charge < -0.3 is 29.7 Å². The SMILES string of the molecule is Cc1ccc(NC(=O)N2CCC3(CCC(F)(F)C3)C2)cc1-c1cc(OCCO)nc(N2CCOCC2)c1. The fraction of sp³-hybridized carbons (Fsp3) is 0.556. The highest BCUT2D eigenvalue weighted by atomic mass is 19.3. The van der Waals surface area contributed by atoms with Crippen LogP contribution >= 0.6 is 0 Å². The van der Waals surface area contributed by atoms with E-state index < -0.39 is 11.3 Å². The van der Waals surface area contributed by atoms with E-state index in [2.05, 4.69) is 15.2 Å². The molecule has 10 heteroatoms. The molecule has 1 aromatic heterocycles. The van der Waals surface area contributed by atoms with Gasteiger partial charge in [0.05, 0.1) is 19.8 Å². The zero-order chi connectivity index (χ0) is 26.0. The summed E-state index contributed by atoms with van der Waals surface area (Å²) in [5, 5.41) is 12.2. The van der Waals surface area contributed by atoms with Gasteiger partial charge in [-0.15, -0.1) is 0 Å². The lowest BCUT2D eigenvalue weighted by Crippen LogP contribution is -2.36. The maximum absolute atomic E-state index is 13.8. The largest absolute Gasteiger partial charge is 0.475 e. The van der Waals surface area contributed by atoms with Crippen LogP contribution in [0.3, 0.4) is 0 Å². The second kappa shape index (κ2) is 10.4. The summed E-state index contributed by atoms with van der Waals surface area (Å²) in [4.78, 5) is 21.5. The van der Waals surface area contributed by atoms with Crippen molar-refractivity contribution < 1.29 is 28.2 Å². The standard InChI is InChI=1S/C27H34F2N4O4/c1-19-2-3-21(30-25(35)33-7-6-26(18-33)4-5-27(28,29)17-26)16-22(19)20-14-23(32-8-11-36-12-9-32)31-24(15-20)37-13-10-34/h2-3,14-16,34H,4-13,17-18H2,1H3,(H,30,35). The van der Waals surface area contributed by atoms with Gasteiger partial charge in [-0.2, -0.15) is 4.98 Å². The highest BCUT2D eigenvalue weighted by Gasteiger charge is 2.52. The molecule has 2 saturated heterocycles. The molecule has 2 amide bonds. The highest BCUT2D eigenvalue weighted by Crippen LogP contribution is 2.52. The normalized spacial score (nSPS) is 23.0. The van der Waals surface area contributed by atoms with Crippen LogP contribution in [0.5, 0.6) is 5.88 Å². The van der Waals surface area contributed by atoms with E-state index in [1.54, 1.807) is 4.90 Å². The van der Waals surface area contributed by atoms with Crippen LogP contribution in [0.15, 0.2) is 30.3 Å². The lowest BCUT2D eigenvalue weighted by Gasteiger charge is -2.28. The van der Waals surface area contributed by atoms with Gasteiger partial charge in [0, 0.05) is 50.8 Å². The first-order chi connectivity index (χ1) is 17.8. The van der Waals surface area contributed by atoms with E-state index in [0.717, 1.165) is 22.5 Å². The summed E-state index contributed by atoms with van der Waals surface area (Å²) in [6, 6.07) is 9.26. The van der Waals surface area contributed by atoms with Gasteiger partial charge in [-0.05, 0) is 60.1 Å². The van der Waals surface area contributed by atoms with Gasteiger partial charge in [-0.1, -0.05) is 6.07 Å². The summed E-state index contributed by atoms with van der Waals surface area (Å²) in [5.41, 5.74) is 2.98. The second-order valence-corrected chi connectivity index (χ2v) is 10.4. The number of hydrogen-bond donors (Lipinski definition) is 2. The second-order valence-electron chi connectivity index (χ2n) is 10.4. The molecule has 1 aromatic carbocycles. The van der Waals surface area contributed by atoms with E-state index in [1.807, 2.05) is 37.3 Å². The van der Waals surface area contributed by atoms with Crippen molar-refractivity contribution in [3.05, 3.63) is 35.9 Å². The van der Waals surface area contributed by atoms with Gasteiger partial charge in [0.1, 0.15) is 12.4 Å². The van der Waals surface area contributed by atoms with Gasteiger partial charge >= 0.3 is 6.03 Å². The van der Waals surface area contributed by atoms with Crippen LogP contribution in [0, 0.1) is 12.3 Å². The Kier molecular flexibility index (Phi) is 7.22. The number of amides is 2. The Labute approximate surface area is 215 Å². The van der Waals surface area contributed by atoms with E-state index in [0.29, 0.717) is 63.8 Å². The molecule has 1 atom stereocenters. The first kappa shape index (κ1) is 25.7. The number of nitrogens with zero attached hydrogens (tertiary/aromatic N) is 3. The van der Waals surface area contributed by atoms with Crippen molar-refractivity contribution >= 4 is 17.5 Å². The molecule has 0 bridgehead atoms. The third-order valence-electron chi connectivity index (χ3n) is 7.64. The predicted molar refractivity (Wildman–Crippen MR) is 136 cm³/mol. The number of aliphatic hydroxyl groups is 1. The van der Waals surface area contributed by atoms with Crippen LogP contribution in [-0.4, -0.2) is 79.6 Å². The molecular formula is C27H34F2N4O4. The fourth-order valence-corrected chi connectivity index (χ4v) is 5.67. The molecule has 2 aliphatic heterocycles. The number of aromatic nitrogens is 1. The minimum absolute atomic E-state index is 0.0911. The third-order valence-corrected chi connectivity index (χ3v) is 7.64. The summed E-state index contributed by atoms with van der Waals surface area (Å²) >= 11 is 0. The highest BCUT2D eigenvalue weighted by molar-refractivity contribution is 5.91. The Balaban J connectivity index is 1.35. The molecule has 1 saturated carbocycles. The number of pyridine rings is 1. The smallest absolute Gasteiger partial charge is 0.321 e. The average Bonchev–Trinajstić information content (AvgIpc) is 3.45. The number of halogens is 2. The summed E-state index contributed by atoms with van der Waals surface area (Å²) in [5.74, 6) is -1.45. The number of carbonyl (C=O) groups is 1. The molecular weight excluding hydrogens is 482 g/mol. The number of hydrogen-bond acceptors (Lipinski definition) is 6. The molecule has 37 heavy (non-hydrogen) atoms. The molecule has 3 aliphatic rings. The van der Waals surface area contributed by atoms with Gasteiger partial charge in [-0.3, -0.25) is 0 Å². The fourth-order valence-electron chi connectivity index (χ4n) is 5.67. The number of likely N-dealkylation sites (tertiary alicyclic amines) is 1. The number of aliphatic hydroxyl groups excluding tert-OH is 1. The number of carbonyl (C=O) groups excluding carboxylic acids is 1. The van der Waals surface area contributed by atoms with Gasteiger partial charge in [-0.25, -0.2) is 13.6 Å². The van der Waals surface area contributed by atoms with Crippen LogP contribution in [0.25, 0.3) is 11.1 Å². The molecule has 2 aromatic rings. The summed E-state index contributed by atoms with van der Waals surface area (Å²) < 4.78 is 38.8. The minimum atomic E-state index is -2.62. The first-order valence-electron chi connectivity index (χ1n) is 12.9. The molecule has 0 radical (unpaired) electrons. The Morgan fingerprint density at radius 3 is 2.70 bits per heavy atom. The molecule has 1 aliphatic carbocycles. The van der Waals surface area contributed by atoms with E-state index in [1.165, 1.54) is 0 Å². The van der Waals surface area contributed by atoms with Crippen molar-refractivity contribution in [3.63, 3.8) is 0 Å². The van der Waals surface area contributed by atoms with Crippen LogP contribution < -0.4 is 15.0 Å². The average molecular weight is 517 g/mol. The number of aryl methyl sites for hydroxylation is 1. The van der Waals surface area contributed by atoms with Crippen molar-refractivity contribution in [2.24, 2.45) is 5.41 Å². The van der Waals surface area contributed by atoms with Crippen LogP contribution in [0.1, 0.15) is 31.2 Å². The van der Waals surface area contributed by atoms with Crippen LogP contribution in [-0.2, 0) is 4.74 Å². The topological polar surface area (TPSA) is 87.2 Å². The summed E-state index contributed by atoms with van der Waals surface area (Å²) in [6.45, 7) is 5.54. The predicted octanol–water partition coefficient (Wildman–Crippen LogP) is 4.31. The van der Waals surface area contributed by atoms with Gasteiger partial charge in [0.15, 0.2) is 0 Å². The van der Waals surface area contributed by atoms with E-state index in [4.69, 9.17) is 9.47 Å². The quantitative estimate of drug-likeness (QED) is 0.595. The van der Waals surface area contributed by atoms with Crippen molar-refractivity contribution in [3.8, 4) is 17.0 Å². The van der Waals surface area contributed by atoms with E-state index in [9.17, 15) is 18.7 Å². The van der Waals surface area contributed by atoms with Gasteiger partial charge in [0.25, 0.3) is 0 Å². The molecule has 1 unspecified atom stereocenters. The van der Waals surface area contributed by atoms with Crippen molar-refractivity contribution in [1.29, 1.82) is 0 Å². The zero-order valence-electron chi connectivity index (χ0n) is 21.1. The van der Waals surface area contributed by atoms with Crippen LogP contribution in [0.2, 0.25) is 0 Å². The summed E-state index contributed by atoms with van der Waals surface area (Å²) in [7, 11) is 0. The van der Waals surface area contributed by atoms with E-state index >= 15 is 0 Å². The van der Waals surface area contributed by atoms with Crippen molar-refractivity contribution in [2.75, 3.05) is 62.8 Å². The van der Waals surface area contributed by atoms with Crippen molar-refractivity contribution in [1.82, 2.24) is 9.88 Å². The molecule has 3 fully saturated rings. The maximum Gasteiger partial charge on any atom is 0.321 e. The number of nitrogens with one attached hydrogen (secondary N) is 1. The molecule has 1 spiro atoms. The lowest BCUT2D eigenvalue weighted by molar-refractivity contribution is -0.00270. The Hall–Kier alpha value is -2.98. The molecule has 3 heterocycles. The Morgan fingerprint density at radius 1 is 1.16 bits per heavy atom. The number of benzene rings is 1. The number of anilines is 2. The molecule has 2 N–H and O–H groups in total. The number of rotatable bonds is 6. The molecule has 8 nitrogen and oxygen atoms in total. The van der Waals surface area contributed by atoms with Gasteiger partial charge in [0.2, 0.25) is 11.8 Å². The number of morpholine rings is 1.